The van der Waals surface area contributed by atoms with Crippen LogP contribution in [0.4, 0.5) is 0 Å². The molecule has 5 heteroatoms. The Bertz CT molecular complexity index is 242. The maximum atomic E-state index is 5.46. The Balaban J connectivity index is 2.38. The van der Waals surface area contributed by atoms with Gasteiger partial charge in [-0.3, -0.25) is 0 Å². The van der Waals surface area contributed by atoms with Crippen molar-refractivity contribution in [3.05, 3.63) is 22.4 Å². The first-order valence-corrected chi connectivity index (χ1v) is 4.47. The number of hydrogen-bond acceptors (Lipinski definition) is 3. The summed E-state index contributed by atoms with van der Waals surface area (Å²) < 4.78 is 0. The molecule has 5 N–H and O–H groups in total. The lowest BCUT2D eigenvalue weighted by Crippen LogP contribution is -2.35. The fourth-order valence-corrected chi connectivity index (χ4v) is 1.35. The summed E-state index contributed by atoms with van der Waals surface area (Å²) in [5.74, 6) is 0.394. The van der Waals surface area contributed by atoms with Gasteiger partial charge in [-0.15, -0.1) is 11.3 Å². The predicted molar refractivity (Wildman–Crippen MR) is 51.8 cm³/mol. The molecule has 1 aromatic rings. The molecule has 1 rings (SSSR count). The molecule has 0 bridgehead atoms. The summed E-state index contributed by atoms with van der Waals surface area (Å²) in [6.45, 7) is 0.941. The number of guanidine groups is 1. The smallest absolute Gasteiger partial charge is 0.189 e. The van der Waals surface area contributed by atoms with E-state index >= 15 is 0 Å². The first-order valence-electron chi connectivity index (χ1n) is 3.59. The lowest BCUT2D eigenvalue weighted by atomic mass is 10.5. The van der Waals surface area contributed by atoms with Crippen molar-refractivity contribution in [1.29, 1.82) is 0 Å². The number of nitrogens with one attached hydrogen (secondary N) is 1. The highest BCUT2D eigenvalue weighted by molar-refractivity contribution is 7.09. The fraction of sp³-hybridized carbons (Fsp3) is 0.286. The Hall–Kier alpha value is -1.07. The van der Waals surface area contributed by atoms with Crippen molar-refractivity contribution in [1.82, 2.24) is 5.32 Å². The molecule has 0 aromatic carbocycles. The average Bonchev–Trinajstić information content (AvgIpc) is 2.53. The van der Waals surface area contributed by atoms with Crippen molar-refractivity contribution in [2.45, 2.75) is 6.54 Å². The normalized spacial score (nSPS) is 11.6. The quantitative estimate of drug-likeness (QED) is 0.353. The Kier molecular flexibility index (Phi) is 3.56. The molecule has 0 saturated carbocycles. The molecule has 0 spiro atoms. The van der Waals surface area contributed by atoms with E-state index in [4.69, 9.17) is 11.5 Å². The molecular formula is C7H12N4S. The van der Waals surface area contributed by atoms with Gasteiger partial charge in [-0.2, -0.15) is 0 Å². The van der Waals surface area contributed by atoms with Crippen LogP contribution in [0.5, 0.6) is 0 Å². The van der Waals surface area contributed by atoms with Crippen LogP contribution in [-0.2, 0) is 6.54 Å². The van der Waals surface area contributed by atoms with Crippen LogP contribution in [0.3, 0.4) is 0 Å². The molecule has 66 valence electrons. The van der Waals surface area contributed by atoms with Crippen molar-refractivity contribution in [2.75, 3.05) is 6.67 Å². The molecule has 0 aliphatic carbocycles. The van der Waals surface area contributed by atoms with Gasteiger partial charge < -0.3 is 16.8 Å². The van der Waals surface area contributed by atoms with Crippen LogP contribution in [0.1, 0.15) is 4.88 Å². The van der Waals surface area contributed by atoms with Gasteiger partial charge >= 0.3 is 0 Å². The van der Waals surface area contributed by atoms with Gasteiger partial charge in [0.25, 0.3) is 0 Å². The van der Waals surface area contributed by atoms with E-state index in [0.29, 0.717) is 19.2 Å². The van der Waals surface area contributed by atoms with Crippen LogP contribution in [0.15, 0.2) is 22.5 Å². The average molecular weight is 184 g/mol. The molecule has 0 radical (unpaired) electrons. The highest BCUT2D eigenvalue weighted by Gasteiger charge is 1.91. The Morgan fingerprint density at radius 3 is 3.08 bits per heavy atom. The Labute approximate surface area is 75.3 Å². The number of aliphatic imine (C=N–C) groups is 1. The molecule has 0 aliphatic rings. The number of rotatable bonds is 3. The van der Waals surface area contributed by atoms with E-state index < -0.39 is 0 Å². The molecular weight excluding hydrogens is 172 g/mol. The SMILES string of the molecule is NCNC(N)=NCc1cccs1. The minimum atomic E-state index is 0.319. The number of nitrogens with two attached hydrogens (primary N) is 2. The summed E-state index contributed by atoms with van der Waals surface area (Å²) >= 11 is 1.66. The van der Waals surface area contributed by atoms with Crippen molar-refractivity contribution in [3.8, 4) is 0 Å². The largest absolute Gasteiger partial charge is 0.370 e. The topological polar surface area (TPSA) is 76.4 Å². The zero-order valence-electron chi connectivity index (χ0n) is 6.66. The summed E-state index contributed by atoms with van der Waals surface area (Å²) in [5, 5.41) is 4.73. The van der Waals surface area contributed by atoms with Gasteiger partial charge in [0.15, 0.2) is 5.96 Å². The first kappa shape index (κ1) is 9.02. The number of nitrogens with zero attached hydrogens (tertiary/aromatic N) is 1. The summed E-state index contributed by atoms with van der Waals surface area (Å²) in [4.78, 5) is 5.26. The molecule has 1 aromatic heterocycles. The lowest BCUT2D eigenvalue weighted by molar-refractivity contribution is 0.899. The second-order valence-corrected chi connectivity index (χ2v) is 3.19. The van der Waals surface area contributed by atoms with Crippen LogP contribution < -0.4 is 16.8 Å². The first-order chi connectivity index (χ1) is 5.83. The number of hydrogen-bond donors (Lipinski definition) is 3. The van der Waals surface area contributed by atoms with Crippen LogP contribution in [0.25, 0.3) is 0 Å². The van der Waals surface area contributed by atoms with Gasteiger partial charge in [0.2, 0.25) is 0 Å². The fourth-order valence-electron chi connectivity index (χ4n) is 0.726. The van der Waals surface area contributed by atoms with E-state index in [9.17, 15) is 0 Å². The van der Waals surface area contributed by atoms with Crippen LogP contribution in [0.2, 0.25) is 0 Å². The molecule has 12 heavy (non-hydrogen) atoms. The van der Waals surface area contributed by atoms with Gasteiger partial charge in [0.05, 0.1) is 13.2 Å². The lowest BCUT2D eigenvalue weighted by Gasteiger charge is -1.99. The van der Waals surface area contributed by atoms with E-state index in [0.717, 1.165) is 0 Å². The monoisotopic (exact) mass is 184 g/mol. The third-order valence-corrected chi connectivity index (χ3v) is 2.13. The summed E-state index contributed by atoms with van der Waals surface area (Å²) in [6.07, 6.45) is 0. The van der Waals surface area contributed by atoms with Gasteiger partial charge in [0, 0.05) is 4.88 Å². The van der Waals surface area contributed by atoms with E-state index in [1.165, 1.54) is 4.88 Å². The highest BCUT2D eigenvalue weighted by atomic mass is 32.1. The molecule has 0 fully saturated rings. The minimum Gasteiger partial charge on any atom is -0.370 e. The third-order valence-electron chi connectivity index (χ3n) is 1.27. The molecule has 1 heterocycles. The van der Waals surface area contributed by atoms with E-state index in [1.807, 2.05) is 17.5 Å². The van der Waals surface area contributed by atoms with Gasteiger partial charge in [-0.1, -0.05) is 6.07 Å². The van der Waals surface area contributed by atoms with E-state index in [1.54, 1.807) is 11.3 Å². The zero-order chi connectivity index (χ0) is 8.81. The van der Waals surface area contributed by atoms with Crippen molar-refractivity contribution < 1.29 is 0 Å². The highest BCUT2D eigenvalue weighted by Crippen LogP contribution is 2.08. The second kappa shape index (κ2) is 4.74. The van der Waals surface area contributed by atoms with Gasteiger partial charge in [-0.25, -0.2) is 4.99 Å². The molecule has 0 saturated heterocycles. The van der Waals surface area contributed by atoms with E-state index in [-0.39, 0.29) is 0 Å². The van der Waals surface area contributed by atoms with Gasteiger partial charge in [0.1, 0.15) is 0 Å². The molecule has 4 nitrogen and oxygen atoms in total. The van der Waals surface area contributed by atoms with Crippen LogP contribution >= 0.6 is 11.3 Å². The Morgan fingerprint density at radius 1 is 1.67 bits per heavy atom. The van der Waals surface area contributed by atoms with E-state index in [2.05, 4.69) is 10.3 Å². The summed E-state index contributed by atoms with van der Waals surface area (Å²) in [7, 11) is 0. The minimum absolute atomic E-state index is 0.319. The molecule has 0 amide bonds. The van der Waals surface area contributed by atoms with Crippen molar-refractivity contribution >= 4 is 17.3 Å². The third kappa shape index (κ3) is 2.89. The summed E-state index contributed by atoms with van der Waals surface area (Å²) in [5.41, 5.74) is 10.7. The Morgan fingerprint density at radius 2 is 2.50 bits per heavy atom. The van der Waals surface area contributed by atoms with Crippen molar-refractivity contribution in [3.63, 3.8) is 0 Å². The second-order valence-electron chi connectivity index (χ2n) is 2.16. The van der Waals surface area contributed by atoms with Gasteiger partial charge in [-0.05, 0) is 11.4 Å². The maximum Gasteiger partial charge on any atom is 0.189 e. The van der Waals surface area contributed by atoms with Crippen molar-refractivity contribution in [2.24, 2.45) is 16.5 Å². The number of thiophene rings is 1. The van der Waals surface area contributed by atoms with Crippen LogP contribution in [-0.4, -0.2) is 12.6 Å². The standard InChI is InChI=1S/C7H12N4S/c8-5-11-7(9)10-4-6-2-1-3-12-6/h1-3H,4-5,8H2,(H3,9,10,11). The summed E-state index contributed by atoms with van der Waals surface area (Å²) in [6, 6.07) is 4.01. The zero-order valence-corrected chi connectivity index (χ0v) is 7.47. The predicted octanol–water partition coefficient (Wildman–Crippen LogP) is 0.0686. The maximum absolute atomic E-state index is 5.46. The van der Waals surface area contributed by atoms with Crippen LogP contribution in [0, 0.1) is 0 Å². The molecule has 0 aliphatic heterocycles. The molecule has 0 atom stereocenters. The molecule has 0 unspecified atom stereocenters.